The number of nitrogens with zero attached hydrogens (tertiary/aromatic N) is 1. The van der Waals surface area contributed by atoms with Gasteiger partial charge in [-0.05, 0) is 48.1 Å². The number of carbonyl (C=O) groups is 3. The Bertz CT molecular complexity index is 935. The highest BCUT2D eigenvalue weighted by Crippen LogP contribution is 2.29. The first-order valence-electron chi connectivity index (χ1n) is 9.38. The third kappa shape index (κ3) is 3.37. The van der Waals surface area contributed by atoms with Crippen LogP contribution < -0.4 is 5.73 Å². The molecule has 2 aromatic carbocycles. The van der Waals surface area contributed by atoms with Gasteiger partial charge in [0.25, 0.3) is 5.91 Å². The average molecular weight is 362 g/mol. The fraction of sp³-hybridized carbons (Fsp3) is 0.318. The van der Waals surface area contributed by atoms with Gasteiger partial charge in [0.1, 0.15) is 0 Å². The van der Waals surface area contributed by atoms with E-state index in [1.54, 1.807) is 11.0 Å². The van der Waals surface area contributed by atoms with E-state index in [4.69, 9.17) is 5.73 Å². The number of benzene rings is 2. The van der Waals surface area contributed by atoms with E-state index in [-0.39, 0.29) is 23.5 Å². The maximum atomic E-state index is 12.9. The van der Waals surface area contributed by atoms with Crippen molar-refractivity contribution >= 4 is 17.6 Å². The largest absolute Gasteiger partial charge is 0.369 e. The van der Waals surface area contributed by atoms with Gasteiger partial charge in [0, 0.05) is 30.6 Å². The van der Waals surface area contributed by atoms with Crippen LogP contribution in [-0.4, -0.2) is 35.6 Å². The molecule has 5 heteroatoms. The Kier molecular flexibility index (Phi) is 4.52. The van der Waals surface area contributed by atoms with E-state index < -0.39 is 0 Å². The maximum Gasteiger partial charge on any atom is 0.253 e. The summed E-state index contributed by atoms with van der Waals surface area (Å²) in [6, 6.07) is 13.4. The number of primary amides is 1. The Balaban J connectivity index is 1.58. The first-order valence-corrected chi connectivity index (χ1v) is 9.38. The van der Waals surface area contributed by atoms with Crippen molar-refractivity contribution in [3.05, 3.63) is 59.2 Å². The van der Waals surface area contributed by atoms with Gasteiger partial charge >= 0.3 is 0 Å². The molecule has 1 unspecified atom stereocenters. The molecule has 138 valence electrons. The Morgan fingerprint density at radius 1 is 1.04 bits per heavy atom. The number of nitrogens with two attached hydrogens (primary N) is 1. The van der Waals surface area contributed by atoms with Crippen molar-refractivity contribution in [2.24, 2.45) is 11.7 Å². The summed E-state index contributed by atoms with van der Waals surface area (Å²) in [6.45, 7) is 1.03. The van der Waals surface area contributed by atoms with Gasteiger partial charge in [-0.3, -0.25) is 14.4 Å². The monoisotopic (exact) mass is 362 g/mol. The first kappa shape index (κ1) is 17.5. The van der Waals surface area contributed by atoms with Crippen molar-refractivity contribution in [3.63, 3.8) is 0 Å². The van der Waals surface area contributed by atoms with E-state index in [0.717, 1.165) is 41.5 Å². The van der Waals surface area contributed by atoms with Crippen molar-refractivity contribution in [2.45, 2.75) is 25.7 Å². The molecule has 1 atom stereocenters. The van der Waals surface area contributed by atoms with E-state index in [2.05, 4.69) is 0 Å². The van der Waals surface area contributed by atoms with Gasteiger partial charge in [-0.25, -0.2) is 0 Å². The number of aryl methyl sites for hydroxylation is 1. The van der Waals surface area contributed by atoms with Gasteiger partial charge in [0.2, 0.25) is 5.91 Å². The second-order valence-corrected chi connectivity index (χ2v) is 7.37. The molecular weight excluding hydrogens is 340 g/mol. The lowest BCUT2D eigenvalue weighted by atomic mass is 9.96. The number of amides is 2. The van der Waals surface area contributed by atoms with Gasteiger partial charge in [-0.2, -0.15) is 0 Å². The van der Waals surface area contributed by atoms with E-state index in [9.17, 15) is 14.4 Å². The molecule has 0 aromatic heterocycles. The van der Waals surface area contributed by atoms with Crippen LogP contribution in [0.3, 0.4) is 0 Å². The Hall–Kier alpha value is -2.95. The molecule has 1 aliphatic carbocycles. The molecule has 0 saturated carbocycles. The molecule has 27 heavy (non-hydrogen) atoms. The number of Topliss-reactive ketones (excluding diaryl/α,β-unsaturated/α-hetero) is 1. The van der Waals surface area contributed by atoms with Gasteiger partial charge < -0.3 is 10.6 Å². The van der Waals surface area contributed by atoms with E-state index >= 15 is 0 Å². The van der Waals surface area contributed by atoms with Gasteiger partial charge in [0.05, 0.1) is 5.92 Å². The lowest BCUT2D eigenvalue weighted by molar-refractivity contribution is -0.123. The summed E-state index contributed by atoms with van der Waals surface area (Å²) in [4.78, 5) is 37.9. The van der Waals surface area contributed by atoms with Crippen LogP contribution in [0.15, 0.2) is 42.5 Å². The molecule has 1 heterocycles. The molecule has 5 nitrogen and oxygen atoms in total. The van der Waals surface area contributed by atoms with Crippen molar-refractivity contribution < 1.29 is 14.4 Å². The molecule has 2 amide bonds. The fourth-order valence-corrected chi connectivity index (χ4v) is 4.04. The summed E-state index contributed by atoms with van der Waals surface area (Å²) < 4.78 is 0. The second-order valence-electron chi connectivity index (χ2n) is 7.37. The number of ketones is 1. The topological polar surface area (TPSA) is 80.5 Å². The minimum absolute atomic E-state index is 0.0702. The number of hydrogen-bond donors (Lipinski definition) is 1. The van der Waals surface area contributed by atoms with Crippen LogP contribution in [0, 0.1) is 5.92 Å². The minimum Gasteiger partial charge on any atom is -0.369 e. The zero-order valence-corrected chi connectivity index (χ0v) is 15.1. The van der Waals surface area contributed by atoms with Crippen molar-refractivity contribution in [1.82, 2.24) is 4.90 Å². The van der Waals surface area contributed by atoms with Crippen molar-refractivity contribution in [2.75, 3.05) is 13.1 Å². The van der Waals surface area contributed by atoms with Crippen LogP contribution >= 0.6 is 0 Å². The molecule has 4 rings (SSSR count). The summed E-state index contributed by atoms with van der Waals surface area (Å²) in [5, 5.41) is 0. The average Bonchev–Trinajstić information content (AvgIpc) is 3.08. The van der Waals surface area contributed by atoms with Gasteiger partial charge in [-0.1, -0.05) is 30.3 Å². The van der Waals surface area contributed by atoms with Crippen LogP contribution in [0.4, 0.5) is 0 Å². The fourth-order valence-electron chi connectivity index (χ4n) is 4.04. The van der Waals surface area contributed by atoms with E-state index in [1.165, 1.54) is 0 Å². The number of rotatable bonds is 3. The van der Waals surface area contributed by atoms with E-state index in [0.29, 0.717) is 25.1 Å². The van der Waals surface area contributed by atoms with Crippen LogP contribution in [0.5, 0.6) is 0 Å². The second kappa shape index (κ2) is 6.99. The number of carbonyl (C=O) groups excluding carboxylic acids is 3. The smallest absolute Gasteiger partial charge is 0.253 e. The zero-order chi connectivity index (χ0) is 19.0. The molecule has 0 spiro atoms. The third-order valence-corrected chi connectivity index (χ3v) is 5.58. The Morgan fingerprint density at radius 3 is 2.67 bits per heavy atom. The molecule has 0 radical (unpaired) electrons. The quantitative estimate of drug-likeness (QED) is 0.912. The molecule has 0 bridgehead atoms. The number of fused-ring (bicyclic) bond motifs is 1. The normalized spacial score (nSPS) is 19.0. The lowest BCUT2D eigenvalue weighted by Crippen LogP contribution is -2.44. The number of likely N-dealkylation sites (tertiary alicyclic amines) is 1. The number of hydrogen-bond acceptors (Lipinski definition) is 3. The summed E-state index contributed by atoms with van der Waals surface area (Å²) in [6.07, 6.45) is 2.89. The molecule has 2 N–H and O–H groups in total. The highest BCUT2D eigenvalue weighted by atomic mass is 16.2. The number of piperidine rings is 1. The summed E-state index contributed by atoms with van der Waals surface area (Å²) in [7, 11) is 0. The minimum atomic E-state index is -0.339. The molecule has 2 aliphatic rings. The maximum absolute atomic E-state index is 12.9. The molecule has 1 aliphatic heterocycles. The van der Waals surface area contributed by atoms with Crippen LogP contribution in [0.2, 0.25) is 0 Å². The molecular formula is C22H22N2O3. The summed E-state index contributed by atoms with van der Waals surface area (Å²) >= 11 is 0. The molecule has 2 aromatic rings. The highest BCUT2D eigenvalue weighted by molar-refractivity contribution is 6.01. The van der Waals surface area contributed by atoms with Gasteiger partial charge in [-0.15, -0.1) is 0 Å². The Labute approximate surface area is 158 Å². The summed E-state index contributed by atoms with van der Waals surface area (Å²) in [5.41, 5.74) is 9.88. The van der Waals surface area contributed by atoms with Crippen LogP contribution in [0.25, 0.3) is 11.1 Å². The Morgan fingerprint density at radius 2 is 1.85 bits per heavy atom. The first-order chi connectivity index (χ1) is 13.0. The van der Waals surface area contributed by atoms with Gasteiger partial charge in [0.15, 0.2) is 5.78 Å². The molecule has 1 fully saturated rings. The molecule has 1 saturated heterocycles. The lowest BCUT2D eigenvalue weighted by Gasteiger charge is -2.31. The van der Waals surface area contributed by atoms with Crippen molar-refractivity contribution in [1.29, 1.82) is 0 Å². The third-order valence-electron chi connectivity index (χ3n) is 5.58. The predicted octanol–water partition coefficient (Wildman–Crippen LogP) is 2.82. The zero-order valence-electron chi connectivity index (χ0n) is 15.1. The standard InChI is InChI=1S/C22H22N2O3/c23-21(26)18-5-2-10-24(13-18)22(27)17-4-1-3-14(12-17)15-6-8-19-16(11-15)7-9-20(19)25/h1,3-4,6,8,11-12,18H,2,5,7,9-10,13H2,(H2,23,26). The van der Waals surface area contributed by atoms with Crippen molar-refractivity contribution in [3.8, 4) is 11.1 Å². The summed E-state index contributed by atoms with van der Waals surface area (Å²) in [5.74, 6) is -0.470. The van der Waals surface area contributed by atoms with Crippen LogP contribution in [0.1, 0.15) is 45.5 Å². The predicted molar refractivity (Wildman–Crippen MR) is 102 cm³/mol. The highest BCUT2D eigenvalue weighted by Gasteiger charge is 2.27. The van der Waals surface area contributed by atoms with E-state index in [1.807, 2.05) is 36.4 Å². The SMILES string of the molecule is NC(=O)C1CCCN(C(=O)c2cccc(-c3ccc4c(c3)CCC4=O)c2)C1. The van der Waals surface area contributed by atoms with Crippen LogP contribution in [-0.2, 0) is 11.2 Å².